The van der Waals surface area contributed by atoms with Gasteiger partial charge in [0.1, 0.15) is 0 Å². The van der Waals surface area contributed by atoms with Gasteiger partial charge in [0.2, 0.25) is 0 Å². The molecule has 0 aromatic heterocycles. The lowest BCUT2D eigenvalue weighted by atomic mass is 10.0. The number of benzene rings is 1. The molecule has 0 bridgehead atoms. The summed E-state index contributed by atoms with van der Waals surface area (Å²) in [7, 11) is 6.51. The Morgan fingerprint density at radius 3 is 2.95 bits per heavy atom. The quantitative estimate of drug-likeness (QED) is 0.871. The van der Waals surface area contributed by atoms with Crippen molar-refractivity contribution in [1.82, 2.24) is 15.1 Å². The van der Waals surface area contributed by atoms with Crippen LogP contribution < -0.4 is 5.32 Å². The second-order valence-corrected chi connectivity index (χ2v) is 6.66. The van der Waals surface area contributed by atoms with Crippen LogP contribution in [0.5, 0.6) is 0 Å². The molecule has 0 radical (unpaired) electrons. The molecule has 1 N–H and O–H groups in total. The Bertz CT molecular complexity index is 438. The first-order valence-electron chi connectivity index (χ1n) is 7.91. The Labute approximate surface area is 134 Å². The highest BCUT2D eigenvalue weighted by Gasteiger charge is 2.21. The third kappa shape index (κ3) is 4.96. The number of likely N-dealkylation sites (tertiary alicyclic amines) is 1. The van der Waals surface area contributed by atoms with Crippen molar-refractivity contribution in [3.8, 4) is 0 Å². The number of hydrogen-bond acceptors (Lipinski definition) is 3. The minimum atomic E-state index is 0.368. The van der Waals surface area contributed by atoms with Crippen molar-refractivity contribution in [3.63, 3.8) is 0 Å². The number of rotatable bonds is 6. The Morgan fingerprint density at radius 2 is 2.29 bits per heavy atom. The van der Waals surface area contributed by atoms with Crippen molar-refractivity contribution in [3.05, 3.63) is 34.9 Å². The van der Waals surface area contributed by atoms with Gasteiger partial charge >= 0.3 is 0 Å². The van der Waals surface area contributed by atoms with Crippen LogP contribution in [0, 0.1) is 0 Å². The van der Waals surface area contributed by atoms with Crippen molar-refractivity contribution in [2.75, 3.05) is 40.8 Å². The Hall–Kier alpha value is -0.610. The maximum absolute atomic E-state index is 6.10. The van der Waals surface area contributed by atoms with Crippen LogP contribution in [0.4, 0.5) is 0 Å². The maximum Gasteiger partial charge on any atom is 0.0409 e. The van der Waals surface area contributed by atoms with Crippen LogP contribution in [-0.4, -0.2) is 56.6 Å². The lowest BCUT2D eigenvalue weighted by Gasteiger charge is -2.36. The molecule has 118 valence electrons. The standard InChI is InChI=1S/C17H28ClN3/c1-19-17(14-6-4-7-15(18)12-14)9-11-21(3)16-8-5-10-20(2)13-16/h4,6-7,12,16-17,19H,5,8-11,13H2,1-3H3. The molecule has 1 aliphatic heterocycles. The number of nitrogens with one attached hydrogen (secondary N) is 1. The monoisotopic (exact) mass is 309 g/mol. The summed E-state index contributed by atoms with van der Waals surface area (Å²) in [5, 5.41) is 4.23. The molecule has 2 rings (SSSR count). The van der Waals surface area contributed by atoms with Gasteiger partial charge in [0.05, 0.1) is 0 Å². The van der Waals surface area contributed by atoms with Gasteiger partial charge in [-0.05, 0) is 71.2 Å². The van der Waals surface area contributed by atoms with Crippen molar-refractivity contribution < 1.29 is 0 Å². The smallest absolute Gasteiger partial charge is 0.0409 e. The van der Waals surface area contributed by atoms with Crippen molar-refractivity contribution >= 4 is 11.6 Å². The molecule has 0 saturated carbocycles. The second kappa shape index (κ2) is 8.14. The number of hydrogen-bond donors (Lipinski definition) is 1. The van der Waals surface area contributed by atoms with E-state index in [4.69, 9.17) is 11.6 Å². The van der Waals surface area contributed by atoms with Crippen LogP contribution in [-0.2, 0) is 0 Å². The third-order valence-corrected chi connectivity index (χ3v) is 4.83. The summed E-state index contributed by atoms with van der Waals surface area (Å²) < 4.78 is 0. The molecule has 1 aliphatic rings. The first-order valence-corrected chi connectivity index (χ1v) is 8.29. The summed E-state index contributed by atoms with van der Waals surface area (Å²) in [4.78, 5) is 4.96. The summed E-state index contributed by atoms with van der Waals surface area (Å²) in [5.41, 5.74) is 1.28. The molecular weight excluding hydrogens is 282 g/mol. The summed E-state index contributed by atoms with van der Waals surface area (Å²) in [6.07, 6.45) is 3.74. The lowest BCUT2D eigenvalue weighted by Crippen LogP contribution is -2.45. The second-order valence-electron chi connectivity index (χ2n) is 6.22. The molecule has 21 heavy (non-hydrogen) atoms. The SMILES string of the molecule is CNC(CCN(C)C1CCCN(C)C1)c1cccc(Cl)c1. The van der Waals surface area contributed by atoms with Gasteiger partial charge in [-0.1, -0.05) is 23.7 Å². The van der Waals surface area contributed by atoms with E-state index in [0.29, 0.717) is 12.1 Å². The molecule has 2 atom stereocenters. The van der Waals surface area contributed by atoms with E-state index < -0.39 is 0 Å². The van der Waals surface area contributed by atoms with E-state index >= 15 is 0 Å². The molecule has 1 aromatic rings. The molecule has 4 heteroatoms. The van der Waals surface area contributed by atoms with Gasteiger partial charge in [-0.15, -0.1) is 0 Å². The average molecular weight is 310 g/mol. The molecule has 2 unspecified atom stereocenters. The third-order valence-electron chi connectivity index (χ3n) is 4.59. The van der Waals surface area contributed by atoms with E-state index in [9.17, 15) is 0 Å². The van der Waals surface area contributed by atoms with E-state index in [-0.39, 0.29) is 0 Å². The van der Waals surface area contributed by atoms with Crippen LogP contribution in [0.15, 0.2) is 24.3 Å². The first kappa shape index (κ1) is 16.8. The van der Waals surface area contributed by atoms with Gasteiger partial charge in [-0.25, -0.2) is 0 Å². The van der Waals surface area contributed by atoms with Gasteiger partial charge in [0.25, 0.3) is 0 Å². The zero-order chi connectivity index (χ0) is 15.2. The topological polar surface area (TPSA) is 18.5 Å². The predicted molar refractivity (Wildman–Crippen MR) is 91.0 cm³/mol. The van der Waals surface area contributed by atoms with Crippen LogP contribution in [0.1, 0.15) is 30.9 Å². The Morgan fingerprint density at radius 1 is 1.48 bits per heavy atom. The molecule has 1 heterocycles. The van der Waals surface area contributed by atoms with Gasteiger partial charge in [0, 0.05) is 23.7 Å². The fraction of sp³-hybridized carbons (Fsp3) is 0.647. The van der Waals surface area contributed by atoms with Crippen molar-refractivity contribution in [1.29, 1.82) is 0 Å². The molecule has 3 nitrogen and oxygen atoms in total. The minimum absolute atomic E-state index is 0.368. The highest BCUT2D eigenvalue weighted by Crippen LogP contribution is 2.21. The van der Waals surface area contributed by atoms with Crippen LogP contribution in [0.2, 0.25) is 5.02 Å². The van der Waals surface area contributed by atoms with Gasteiger partial charge < -0.3 is 15.1 Å². The van der Waals surface area contributed by atoms with E-state index in [0.717, 1.165) is 18.0 Å². The van der Waals surface area contributed by atoms with E-state index in [1.807, 2.05) is 19.2 Å². The number of halogens is 1. The van der Waals surface area contributed by atoms with E-state index in [2.05, 4.69) is 41.3 Å². The van der Waals surface area contributed by atoms with Gasteiger partial charge in [0.15, 0.2) is 0 Å². The molecule has 0 amide bonds. The summed E-state index contributed by atoms with van der Waals surface area (Å²) in [6, 6.07) is 9.25. The summed E-state index contributed by atoms with van der Waals surface area (Å²) in [5.74, 6) is 0. The maximum atomic E-state index is 6.10. The summed E-state index contributed by atoms with van der Waals surface area (Å²) in [6.45, 7) is 3.54. The Balaban J connectivity index is 1.87. The highest BCUT2D eigenvalue weighted by molar-refractivity contribution is 6.30. The number of nitrogens with zero attached hydrogens (tertiary/aromatic N) is 2. The summed E-state index contributed by atoms with van der Waals surface area (Å²) >= 11 is 6.10. The highest BCUT2D eigenvalue weighted by atomic mass is 35.5. The van der Waals surface area contributed by atoms with Crippen LogP contribution in [0.25, 0.3) is 0 Å². The number of piperidine rings is 1. The molecule has 1 saturated heterocycles. The molecule has 0 spiro atoms. The van der Waals surface area contributed by atoms with Gasteiger partial charge in [-0.2, -0.15) is 0 Å². The average Bonchev–Trinajstić information content (AvgIpc) is 2.48. The number of likely N-dealkylation sites (N-methyl/N-ethyl adjacent to an activating group) is 2. The Kier molecular flexibility index (Phi) is 6.49. The van der Waals surface area contributed by atoms with Crippen molar-refractivity contribution in [2.24, 2.45) is 0 Å². The van der Waals surface area contributed by atoms with E-state index in [1.165, 1.54) is 31.5 Å². The minimum Gasteiger partial charge on any atom is -0.313 e. The molecule has 0 aliphatic carbocycles. The molecular formula is C17H28ClN3. The first-order chi connectivity index (χ1) is 10.1. The van der Waals surface area contributed by atoms with Crippen molar-refractivity contribution in [2.45, 2.75) is 31.3 Å². The lowest BCUT2D eigenvalue weighted by molar-refractivity contribution is 0.131. The largest absolute Gasteiger partial charge is 0.313 e. The van der Waals surface area contributed by atoms with E-state index in [1.54, 1.807) is 0 Å². The zero-order valence-corrected chi connectivity index (χ0v) is 14.2. The normalized spacial score (nSPS) is 21.7. The fourth-order valence-electron chi connectivity index (χ4n) is 3.22. The molecule has 1 fully saturated rings. The fourth-order valence-corrected chi connectivity index (χ4v) is 3.41. The van der Waals surface area contributed by atoms with Gasteiger partial charge in [-0.3, -0.25) is 0 Å². The van der Waals surface area contributed by atoms with Crippen LogP contribution >= 0.6 is 11.6 Å². The predicted octanol–water partition coefficient (Wildman–Crippen LogP) is 3.02. The zero-order valence-electron chi connectivity index (χ0n) is 13.5. The van der Waals surface area contributed by atoms with Crippen LogP contribution in [0.3, 0.4) is 0 Å². The molecule has 1 aromatic carbocycles.